The standard InChI is InChI=1S/C17H16N2O/c1-2-5-16(20)19-15-10-11-18-17-13-7-4-3-6-12(13)8-9-14(15)17/h3-4,6-11H,2,5H2,1H3,(H,18,19,20). The molecule has 0 saturated carbocycles. The molecular weight excluding hydrogens is 248 g/mol. The largest absolute Gasteiger partial charge is 0.325 e. The number of hydrogen-bond acceptors (Lipinski definition) is 2. The molecule has 0 aliphatic carbocycles. The van der Waals surface area contributed by atoms with Crippen LogP contribution in [0.4, 0.5) is 5.69 Å². The number of nitrogens with one attached hydrogen (secondary N) is 1. The molecule has 0 fully saturated rings. The van der Waals surface area contributed by atoms with E-state index in [0.717, 1.165) is 33.8 Å². The molecule has 3 heteroatoms. The zero-order chi connectivity index (χ0) is 13.9. The second-order valence-electron chi connectivity index (χ2n) is 4.84. The number of hydrogen-bond donors (Lipinski definition) is 1. The smallest absolute Gasteiger partial charge is 0.224 e. The number of amides is 1. The van der Waals surface area contributed by atoms with E-state index in [0.29, 0.717) is 6.42 Å². The number of rotatable bonds is 3. The van der Waals surface area contributed by atoms with Gasteiger partial charge in [-0.2, -0.15) is 0 Å². The Kier molecular flexibility index (Phi) is 3.33. The Hall–Kier alpha value is -2.42. The van der Waals surface area contributed by atoms with Crippen LogP contribution in [0, 0.1) is 0 Å². The molecule has 0 spiro atoms. The van der Waals surface area contributed by atoms with Crippen LogP contribution in [-0.2, 0) is 4.79 Å². The molecule has 1 aromatic heterocycles. The van der Waals surface area contributed by atoms with Crippen LogP contribution in [0.5, 0.6) is 0 Å². The van der Waals surface area contributed by atoms with E-state index < -0.39 is 0 Å². The van der Waals surface area contributed by atoms with Crippen LogP contribution < -0.4 is 5.32 Å². The molecule has 2 aromatic carbocycles. The zero-order valence-electron chi connectivity index (χ0n) is 11.4. The number of carbonyl (C=O) groups excluding carboxylic acids is 1. The van der Waals surface area contributed by atoms with Gasteiger partial charge >= 0.3 is 0 Å². The summed E-state index contributed by atoms with van der Waals surface area (Å²) in [6, 6.07) is 14.1. The molecule has 0 bridgehead atoms. The molecule has 0 radical (unpaired) electrons. The normalized spacial score (nSPS) is 10.8. The lowest BCUT2D eigenvalue weighted by Crippen LogP contribution is -2.11. The minimum atomic E-state index is 0.0492. The Morgan fingerprint density at radius 1 is 1.10 bits per heavy atom. The number of nitrogens with zero attached hydrogens (tertiary/aromatic N) is 1. The van der Waals surface area contributed by atoms with E-state index >= 15 is 0 Å². The van der Waals surface area contributed by atoms with E-state index in [1.165, 1.54) is 0 Å². The van der Waals surface area contributed by atoms with E-state index in [1.807, 2.05) is 31.2 Å². The van der Waals surface area contributed by atoms with Crippen molar-refractivity contribution in [3.63, 3.8) is 0 Å². The fraction of sp³-hybridized carbons (Fsp3) is 0.176. The molecule has 1 heterocycles. The second-order valence-corrected chi connectivity index (χ2v) is 4.84. The third kappa shape index (κ3) is 2.23. The number of fused-ring (bicyclic) bond motifs is 3. The molecule has 0 unspecified atom stereocenters. The molecule has 3 nitrogen and oxygen atoms in total. The lowest BCUT2D eigenvalue weighted by Gasteiger charge is -2.09. The summed E-state index contributed by atoms with van der Waals surface area (Å²) in [6.07, 6.45) is 3.13. The summed E-state index contributed by atoms with van der Waals surface area (Å²) < 4.78 is 0. The monoisotopic (exact) mass is 264 g/mol. The quantitative estimate of drug-likeness (QED) is 0.723. The summed E-state index contributed by atoms with van der Waals surface area (Å²) in [5.74, 6) is 0.0492. The van der Waals surface area contributed by atoms with Crippen LogP contribution in [0.25, 0.3) is 21.7 Å². The Bertz CT molecular complexity index is 780. The van der Waals surface area contributed by atoms with Crippen LogP contribution in [0.1, 0.15) is 19.8 Å². The average molecular weight is 264 g/mol. The molecular formula is C17H16N2O. The Labute approximate surface area is 117 Å². The molecule has 1 amide bonds. The van der Waals surface area contributed by atoms with E-state index in [1.54, 1.807) is 6.20 Å². The summed E-state index contributed by atoms with van der Waals surface area (Å²) in [5.41, 5.74) is 1.76. The van der Waals surface area contributed by atoms with Crippen molar-refractivity contribution in [2.75, 3.05) is 5.32 Å². The van der Waals surface area contributed by atoms with Crippen molar-refractivity contribution in [1.82, 2.24) is 4.98 Å². The first kappa shape index (κ1) is 12.6. The maximum absolute atomic E-state index is 11.8. The van der Waals surface area contributed by atoms with Crippen molar-refractivity contribution in [2.45, 2.75) is 19.8 Å². The zero-order valence-corrected chi connectivity index (χ0v) is 11.4. The maximum Gasteiger partial charge on any atom is 0.224 e. The van der Waals surface area contributed by atoms with Gasteiger partial charge in [0, 0.05) is 23.4 Å². The summed E-state index contributed by atoms with van der Waals surface area (Å²) in [6.45, 7) is 2.00. The summed E-state index contributed by atoms with van der Waals surface area (Å²) in [4.78, 5) is 16.3. The van der Waals surface area contributed by atoms with E-state index in [-0.39, 0.29) is 5.91 Å². The van der Waals surface area contributed by atoms with Crippen molar-refractivity contribution < 1.29 is 4.79 Å². The minimum Gasteiger partial charge on any atom is -0.325 e. The number of carbonyl (C=O) groups is 1. The third-order valence-corrected chi connectivity index (χ3v) is 3.39. The first-order chi connectivity index (χ1) is 9.79. The molecule has 20 heavy (non-hydrogen) atoms. The van der Waals surface area contributed by atoms with Gasteiger partial charge < -0.3 is 5.32 Å². The predicted octanol–water partition coefficient (Wildman–Crippen LogP) is 4.13. The molecule has 0 aliphatic rings. The van der Waals surface area contributed by atoms with E-state index in [4.69, 9.17) is 0 Å². The van der Waals surface area contributed by atoms with Gasteiger partial charge in [0.1, 0.15) is 0 Å². The second kappa shape index (κ2) is 5.29. The van der Waals surface area contributed by atoms with Crippen LogP contribution >= 0.6 is 0 Å². The van der Waals surface area contributed by atoms with E-state index in [2.05, 4.69) is 28.5 Å². The minimum absolute atomic E-state index is 0.0492. The molecule has 0 atom stereocenters. The molecule has 1 N–H and O–H groups in total. The summed E-state index contributed by atoms with van der Waals surface area (Å²) >= 11 is 0. The van der Waals surface area contributed by atoms with Gasteiger partial charge in [-0.1, -0.05) is 43.3 Å². The number of aromatic nitrogens is 1. The van der Waals surface area contributed by atoms with Gasteiger partial charge in [0.25, 0.3) is 0 Å². The van der Waals surface area contributed by atoms with Gasteiger partial charge in [-0.15, -0.1) is 0 Å². The van der Waals surface area contributed by atoms with Crippen LogP contribution in [0.15, 0.2) is 48.7 Å². The predicted molar refractivity (Wildman–Crippen MR) is 82.8 cm³/mol. The van der Waals surface area contributed by atoms with Gasteiger partial charge in [-0.25, -0.2) is 0 Å². The highest BCUT2D eigenvalue weighted by Crippen LogP contribution is 2.28. The highest BCUT2D eigenvalue weighted by Gasteiger charge is 2.07. The third-order valence-electron chi connectivity index (χ3n) is 3.39. The Balaban J connectivity index is 2.15. The van der Waals surface area contributed by atoms with Crippen molar-refractivity contribution in [1.29, 1.82) is 0 Å². The SMILES string of the molecule is CCCC(=O)Nc1ccnc2c1ccc1ccccc12. The molecule has 3 aromatic rings. The average Bonchev–Trinajstić information content (AvgIpc) is 2.47. The van der Waals surface area contributed by atoms with Gasteiger partial charge in [-0.3, -0.25) is 9.78 Å². The fourth-order valence-corrected chi connectivity index (χ4v) is 2.44. The van der Waals surface area contributed by atoms with Crippen LogP contribution in [0.2, 0.25) is 0 Å². The maximum atomic E-state index is 11.8. The van der Waals surface area contributed by atoms with Gasteiger partial charge in [0.15, 0.2) is 0 Å². The van der Waals surface area contributed by atoms with Crippen LogP contribution in [-0.4, -0.2) is 10.9 Å². The summed E-state index contributed by atoms with van der Waals surface area (Å²) in [5, 5.41) is 6.22. The molecule has 0 aliphatic heterocycles. The van der Waals surface area contributed by atoms with Crippen molar-refractivity contribution in [3.8, 4) is 0 Å². The van der Waals surface area contributed by atoms with Crippen molar-refractivity contribution in [2.24, 2.45) is 0 Å². The number of anilines is 1. The topological polar surface area (TPSA) is 42.0 Å². The first-order valence-electron chi connectivity index (χ1n) is 6.86. The Morgan fingerprint density at radius 3 is 2.80 bits per heavy atom. The highest BCUT2D eigenvalue weighted by molar-refractivity contribution is 6.11. The fourth-order valence-electron chi connectivity index (χ4n) is 2.44. The van der Waals surface area contributed by atoms with Gasteiger partial charge in [-0.05, 0) is 17.9 Å². The Morgan fingerprint density at radius 2 is 1.95 bits per heavy atom. The summed E-state index contributed by atoms with van der Waals surface area (Å²) in [7, 11) is 0. The first-order valence-corrected chi connectivity index (χ1v) is 6.86. The van der Waals surface area contributed by atoms with Crippen molar-refractivity contribution >= 4 is 33.3 Å². The lowest BCUT2D eigenvalue weighted by molar-refractivity contribution is -0.116. The molecule has 0 saturated heterocycles. The lowest BCUT2D eigenvalue weighted by atomic mass is 10.1. The van der Waals surface area contributed by atoms with Crippen molar-refractivity contribution in [3.05, 3.63) is 48.7 Å². The molecule has 100 valence electrons. The van der Waals surface area contributed by atoms with Gasteiger partial charge in [0.2, 0.25) is 5.91 Å². The van der Waals surface area contributed by atoms with Crippen LogP contribution in [0.3, 0.4) is 0 Å². The molecule has 3 rings (SSSR count). The van der Waals surface area contributed by atoms with E-state index in [9.17, 15) is 4.79 Å². The number of benzene rings is 2. The van der Waals surface area contributed by atoms with Gasteiger partial charge in [0.05, 0.1) is 11.2 Å². The highest BCUT2D eigenvalue weighted by atomic mass is 16.1. The number of pyridine rings is 1.